The number of rotatable bonds is 5. The zero-order valence-electron chi connectivity index (χ0n) is 13.2. The van der Waals surface area contributed by atoms with Gasteiger partial charge in [0.2, 0.25) is 5.91 Å². The monoisotopic (exact) mass is 367 g/mol. The Bertz CT molecular complexity index is 770. The molecule has 4 nitrogen and oxygen atoms in total. The van der Waals surface area contributed by atoms with Crippen molar-refractivity contribution in [1.29, 1.82) is 0 Å². The summed E-state index contributed by atoms with van der Waals surface area (Å²) in [6.07, 6.45) is 0.511. The summed E-state index contributed by atoms with van der Waals surface area (Å²) in [5.74, 6) is 0.200. The molecule has 25 heavy (non-hydrogen) atoms. The molecular weight excluding hydrogens is 352 g/mol. The number of benzene rings is 2. The molecule has 1 N–H and O–H groups in total. The van der Waals surface area contributed by atoms with E-state index in [1.807, 2.05) is 0 Å². The predicted octanol–water partition coefficient (Wildman–Crippen LogP) is 3.81. The lowest BCUT2D eigenvalue weighted by molar-refractivity contribution is -0.126. The minimum atomic E-state index is -2.91. The summed E-state index contributed by atoms with van der Waals surface area (Å²) in [7, 11) is 0. The van der Waals surface area contributed by atoms with Gasteiger partial charge < -0.3 is 14.8 Å². The van der Waals surface area contributed by atoms with Crippen molar-refractivity contribution in [2.45, 2.75) is 19.6 Å². The number of hydrogen-bond donors (Lipinski definition) is 1. The van der Waals surface area contributed by atoms with Gasteiger partial charge in [0.1, 0.15) is 18.1 Å². The topological polar surface area (TPSA) is 47.6 Å². The van der Waals surface area contributed by atoms with Crippen molar-refractivity contribution < 1.29 is 23.0 Å². The van der Waals surface area contributed by atoms with Gasteiger partial charge in [-0.15, -0.1) is 0 Å². The lowest BCUT2D eigenvalue weighted by atomic mass is 9.96. The van der Waals surface area contributed by atoms with Gasteiger partial charge in [-0.3, -0.25) is 4.79 Å². The van der Waals surface area contributed by atoms with E-state index in [4.69, 9.17) is 16.3 Å². The van der Waals surface area contributed by atoms with Crippen LogP contribution in [-0.2, 0) is 17.8 Å². The highest BCUT2D eigenvalue weighted by Gasteiger charge is 2.26. The summed E-state index contributed by atoms with van der Waals surface area (Å²) < 4.78 is 34.9. The van der Waals surface area contributed by atoms with Crippen molar-refractivity contribution in [1.82, 2.24) is 5.32 Å². The van der Waals surface area contributed by atoms with Gasteiger partial charge in [-0.05, 0) is 36.2 Å². The summed E-state index contributed by atoms with van der Waals surface area (Å²) in [5, 5.41) is 3.34. The molecule has 1 amide bonds. The van der Waals surface area contributed by atoms with Gasteiger partial charge in [-0.25, -0.2) is 0 Å². The van der Waals surface area contributed by atoms with Crippen molar-refractivity contribution in [2.75, 3.05) is 6.61 Å². The number of carbonyl (C=O) groups excluding carboxylic acids is 1. The van der Waals surface area contributed by atoms with Crippen LogP contribution >= 0.6 is 11.6 Å². The molecule has 1 atom stereocenters. The van der Waals surface area contributed by atoms with Crippen LogP contribution in [0.25, 0.3) is 0 Å². The fourth-order valence-electron chi connectivity index (χ4n) is 2.72. The minimum Gasteiger partial charge on any atom is -0.492 e. The summed E-state index contributed by atoms with van der Waals surface area (Å²) in [4.78, 5) is 12.4. The Morgan fingerprint density at radius 1 is 1.32 bits per heavy atom. The molecule has 1 aliphatic heterocycles. The Morgan fingerprint density at radius 2 is 2.12 bits per heavy atom. The van der Waals surface area contributed by atoms with Crippen LogP contribution in [0.1, 0.15) is 11.1 Å². The SMILES string of the molecule is O=C(NCc1ccccc1OC(F)F)[C@@H]1COc2ccc(Cl)cc2C1. The quantitative estimate of drug-likeness (QED) is 0.874. The molecule has 3 rings (SSSR count). The van der Waals surface area contributed by atoms with Gasteiger partial charge in [0.25, 0.3) is 0 Å². The second-order valence-electron chi connectivity index (χ2n) is 5.67. The summed E-state index contributed by atoms with van der Waals surface area (Å²) >= 11 is 5.97. The summed E-state index contributed by atoms with van der Waals surface area (Å²) in [5.41, 5.74) is 1.36. The number of amides is 1. The molecule has 0 unspecified atom stereocenters. The Balaban J connectivity index is 1.62. The van der Waals surface area contributed by atoms with E-state index in [9.17, 15) is 13.6 Å². The van der Waals surface area contributed by atoms with Crippen LogP contribution in [-0.4, -0.2) is 19.1 Å². The number of ether oxygens (including phenoxy) is 2. The van der Waals surface area contributed by atoms with Crippen LogP contribution in [0, 0.1) is 5.92 Å². The van der Waals surface area contributed by atoms with Crippen LogP contribution in [0.4, 0.5) is 8.78 Å². The van der Waals surface area contributed by atoms with Gasteiger partial charge in [-0.1, -0.05) is 29.8 Å². The molecule has 1 heterocycles. The maximum absolute atomic E-state index is 12.4. The molecule has 0 spiro atoms. The first-order valence-corrected chi connectivity index (χ1v) is 8.12. The molecule has 2 aromatic carbocycles. The van der Waals surface area contributed by atoms with E-state index in [1.165, 1.54) is 6.07 Å². The van der Waals surface area contributed by atoms with Crippen LogP contribution in [0.15, 0.2) is 42.5 Å². The molecule has 0 saturated heterocycles. The highest BCUT2D eigenvalue weighted by molar-refractivity contribution is 6.30. The normalized spacial score (nSPS) is 16.1. The molecule has 2 aromatic rings. The number of para-hydroxylation sites is 1. The Hall–Kier alpha value is -2.34. The molecule has 1 aliphatic rings. The Morgan fingerprint density at radius 3 is 2.92 bits per heavy atom. The minimum absolute atomic E-state index is 0.0508. The maximum Gasteiger partial charge on any atom is 0.387 e. The third-order valence-corrected chi connectivity index (χ3v) is 4.18. The molecule has 0 bridgehead atoms. The lowest BCUT2D eigenvalue weighted by Crippen LogP contribution is -2.37. The van der Waals surface area contributed by atoms with Crippen molar-refractivity contribution in [3.8, 4) is 11.5 Å². The highest BCUT2D eigenvalue weighted by atomic mass is 35.5. The average Bonchev–Trinajstić information content (AvgIpc) is 2.59. The summed E-state index contributed by atoms with van der Waals surface area (Å²) in [6, 6.07) is 11.7. The molecule has 0 aliphatic carbocycles. The molecule has 0 fully saturated rings. The summed E-state index contributed by atoms with van der Waals surface area (Å²) in [6.45, 7) is -2.55. The fourth-order valence-corrected chi connectivity index (χ4v) is 2.91. The van der Waals surface area contributed by atoms with E-state index < -0.39 is 6.61 Å². The van der Waals surface area contributed by atoms with Gasteiger partial charge >= 0.3 is 6.61 Å². The predicted molar refractivity (Wildman–Crippen MR) is 89.1 cm³/mol. The zero-order valence-corrected chi connectivity index (χ0v) is 13.9. The number of nitrogens with one attached hydrogen (secondary N) is 1. The Labute approximate surface area is 148 Å². The Kier molecular flexibility index (Phi) is 5.38. The van der Waals surface area contributed by atoms with Crippen molar-refractivity contribution in [3.63, 3.8) is 0 Å². The van der Waals surface area contributed by atoms with Gasteiger partial charge in [0.15, 0.2) is 0 Å². The van der Waals surface area contributed by atoms with Crippen LogP contribution in [0.2, 0.25) is 5.02 Å². The number of hydrogen-bond acceptors (Lipinski definition) is 3. The number of carbonyl (C=O) groups is 1. The maximum atomic E-state index is 12.4. The number of alkyl halides is 2. The second kappa shape index (κ2) is 7.70. The zero-order chi connectivity index (χ0) is 17.8. The first kappa shape index (κ1) is 17.5. The number of halogens is 3. The average molecular weight is 368 g/mol. The van der Waals surface area contributed by atoms with E-state index in [-0.39, 0.29) is 30.7 Å². The van der Waals surface area contributed by atoms with Crippen LogP contribution in [0.5, 0.6) is 11.5 Å². The second-order valence-corrected chi connectivity index (χ2v) is 6.10. The van der Waals surface area contributed by atoms with Crippen LogP contribution < -0.4 is 14.8 Å². The standard InChI is InChI=1S/C18H16ClF2NO3/c19-14-5-6-15-12(8-14)7-13(10-24-15)17(23)22-9-11-3-1-2-4-16(11)25-18(20)21/h1-6,8,13,18H,7,9-10H2,(H,22,23)/t13-/m0/s1. The van der Waals surface area contributed by atoms with E-state index in [1.54, 1.807) is 36.4 Å². The lowest BCUT2D eigenvalue weighted by Gasteiger charge is -2.25. The number of fused-ring (bicyclic) bond motifs is 1. The van der Waals surface area contributed by atoms with Gasteiger partial charge in [0.05, 0.1) is 5.92 Å². The third kappa shape index (κ3) is 4.39. The smallest absolute Gasteiger partial charge is 0.387 e. The molecule has 0 radical (unpaired) electrons. The third-order valence-electron chi connectivity index (χ3n) is 3.94. The fraction of sp³-hybridized carbons (Fsp3) is 0.278. The van der Waals surface area contributed by atoms with Gasteiger partial charge in [0, 0.05) is 17.1 Å². The van der Waals surface area contributed by atoms with E-state index >= 15 is 0 Å². The molecule has 0 saturated carbocycles. The van der Waals surface area contributed by atoms with Crippen molar-refractivity contribution in [3.05, 3.63) is 58.6 Å². The van der Waals surface area contributed by atoms with Gasteiger partial charge in [-0.2, -0.15) is 8.78 Å². The first-order valence-electron chi connectivity index (χ1n) is 7.74. The largest absolute Gasteiger partial charge is 0.492 e. The molecule has 0 aromatic heterocycles. The van der Waals surface area contributed by atoms with Crippen molar-refractivity contribution >= 4 is 17.5 Å². The van der Waals surface area contributed by atoms with Crippen molar-refractivity contribution in [2.24, 2.45) is 5.92 Å². The molecule has 132 valence electrons. The van der Waals surface area contributed by atoms with E-state index in [2.05, 4.69) is 10.1 Å². The van der Waals surface area contributed by atoms with E-state index in [0.717, 1.165) is 11.3 Å². The molecular formula is C18H16ClF2NO3. The first-order chi connectivity index (χ1) is 12.0. The van der Waals surface area contributed by atoms with E-state index in [0.29, 0.717) is 17.0 Å². The van der Waals surface area contributed by atoms with Crippen LogP contribution in [0.3, 0.4) is 0 Å². The molecule has 7 heteroatoms. The highest BCUT2D eigenvalue weighted by Crippen LogP contribution is 2.30.